The minimum absolute atomic E-state index is 0.252. The lowest BCUT2D eigenvalue weighted by Crippen LogP contribution is -2.12. The summed E-state index contributed by atoms with van der Waals surface area (Å²) in [6.07, 6.45) is 0. The summed E-state index contributed by atoms with van der Waals surface area (Å²) in [4.78, 5) is 12.0. The van der Waals surface area contributed by atoms with Crippen molar-refractivity contribution in [2.45, 2.75) is 5.33 Å². The third-order valence-corrected chi connectivity index (χ3v) is 3.25. The van der Waals surface area contributed by atoms with E-state index in [-0.39, 0.29) is 23.0 Å². The highest BCUT2D eigenvalue weighted by Gasteiger charge is 2.10. The van der Waals surface area contributed by atoms with Gasteiger partial charge < -0.3 is 15.5 Å². The third kappa shape index (κ3) is 3.06. The number of benzene rings is 2. The van der Waals surface area contributed by atoms with Crippen molar-refractivity contribution < 1.29 is 15.0 Å². The van der Waals surface area contributed by atoms with Gasteiger partial charge in [-0.2, -0.15) is 0 Å². The number of carbonyl (C=O) groups excluding carboxylic acids is 1. The zero-order valence-corrected chi connectivity index (χ0v) is 11.5. The van der Waals surface area contributed by atoms with Crippen LogP contribution in [-0.2, 0) is 5.33 Å². The molecule has 0 aliphatic carbocycles. The third-order valence-electron chi connectivity index (χ3n) is 2.65. The number of phenolic OH excluding ortho intramolecular Hbond substituents is 2. The van der Waals surface area contributed by atoms with Crippen molar-refractivity contribution in [2.24, 2.45) is 0 Å². The molecule has 0 fully saturated rings. The Bertz CT molecular complexity index is 613. The summed E-state index contributed by atoms with van der Waals surface area (Å²) in [7, 11) is 0. The van der Waals surface area contributed by atoms with Crippen molar-refractivity contribution in [1.82, 2.24) is 0 Å². The predicted molar refractivity (Wildman–Crippen MR) is 76.8 cm³/mol. The van der Waals surface area contributed by atoms with Gasteiger partial charge in [0.2, 0.25) is 0 Å². The van der Waals surface area contributed by atoms with E-state index in [0.29, 0.717) is 11.0 Å². The van der Waals surface area contributed by atoms with Crippen LogP contribution in [0.4, 0.5) is 5.69 Å². The van der Waals surface area contributed by atoms with E-state index in [1.165, 1.54) is 18.2 Å². The van der Waals surface area contributed by atoms with Crippen LogP contribution >= 0.6 is 15.9 Å². The van der Waals surface area contributed by atoms with E-state index in [1.54, 1.807) is 6.07 Å². The summed E-state index contributed by atoms with van der Waals surface area (Å²) < 4.78 is 0. The highest BCUT2D eigenvalue weighted by Crippen LogP contribution is 2.26. The molecule has 4 nitrogen and oxygen atoms in total. The SMILES string of the molecule is O=C(Nc1ccccc1CBr)c1ccc(O)c(O)c1. The first kappa shape index (κ1) is 13.4. The van der Waals surface area contributed by atoms with E-state index >= 15 is 0 Å². The molecular formula is C14H12BrNO3. The van der Waals surface area contributed by atoms with Gasteiger partial charge in [0, 0.05) is 16.6 Å². The Hall–Kier alpha value is -2.01. The molecule has 3 N–H and O–H groups in total. The fourth-order valence-electron chi connectivity index (χ4n) is 1.62. The number of nitrogens with one attached hydrogen (secondary N) is 1. The number of anilines is 1. The van der Waals surface area contributed by atoms with Crippen LogP contribution in [0.2, 0.25) is 0 Å². The molecule has 19 heavy (non-hydrogen) atoms. The summed E-state index contributed by atoms with van der Waals surface area (Å²) in [5.41, 5.74) is 1.94. The topological polar surface area (TPSA) is 69.6 Å². The normalized spacial score (nSPS) is 10.2. The standard InChI is InChI=1S/C14H12BrNO3/c15-8-10-3-1-2-4-11(10)16-14(19)9-5-6-12(17)13(18)7-9/h1-7,17-18H,8H2,(H,16,19). The second kappa shape index (κ2) is 5.75. The predicted octanol–water partition coefficient (Wildman–Crippen LogP) is 3.25. The summed E-state index contributed by atoms with van der Waals surface area (Å²) in [5, 5.41) is 22.0. The first-order valence-electron chi connectivity index (χ1n) is 5.59. The van der Waals surface area contributed by atoms with Crippen molar-refractivity contribution in [1.29, 1.82) is 0 Å². The van der Waals surface area contributed by atoms with Crippen LogP contribution in [0, 0.1) is 0 Å². The Morgan fingerprint density at radius 1 is 1.11 bits per heavy atom. The monoisotopic (exact) mass is 321 g/mol. The van der Waals surface area contributed by atoms with Crippen molar-refractivity contribution >= 4 is 27.5 Å². The average Bonchev–Trinajstić information content (AvgIpc) is 2.42. The number of amides is 1. The van der Waals surface area contributed by atoms with E-state index in [4.69, 9.17) is 0 Å². The van der Waals surface area contributed by atoms with Crippen LogP contribution in [0.3, 0.4) is 0 Å². The number of hydrogen-bond acceptors (Lipinski definition) is 3. The van der Waals surface area contributed by atoms with Crippen molar-refractivity contribution in [3.63, 3.8) is 0 Å². The number of hydrogen-bond donors (Lipinski definition) is 3. The maximum absolute atomic E-state index is 12.0. The Morgan fingerprint density at radius 3 is 2.53 bits per heavy atom. The lowest BCUT2D eigenvalue weighted by molar-refractivity contribution is 0.102. The van der Waals surface area contributed by atoms with Gasteiger partial charge in [-0.1, -0.05) is 34.1 Å². The number of alkyl halides is 1. The molecule has 0 saturated carbocycles. The van der Waals surface area contributed by atoms with Crippen LogP contribution in [-0.4, -0.2) is 16.1 Å². The van der Waals surface area contributed by atoms with Gasteiger partial charge in [0.15, 0.2) is 11.5 Å². The highest BCUT2D eigenvalue weighted by atomic mass is 79.9. The molecular weight excluding hydrogens is 310 g/mol. The second-order valence-corrected chi connectivity index (χ2v) is 4.51. The maximum Gasteiger partial charge on any atom is 0.255 e. The number of halogens is 1. The van der Waals surface area contributed by atoms with Gasteiger partial charge in [-0.15, -0.1) is 0 Å². The summed E-state index contributed by atoms with van der Waals surface area (Å²) in [5.74, 6) is -0.914. The number of carbonyl (C=O) groups is 1. The van der Waals surface area contributed by atoms with Crippen molar-refractivity contribution in [2.75, 3.05) is 5.32 Å². The molecule has 2 aromatic rings. The quantitative estimate of drug-likeness (QED) is 0.600. The molecule has 1 amide bonds. The maximum atomic E-state index is 12.0. The fourth-order valence-corrected chi connectivity index (χ4v) is 2.11. The molecule has 2 rings (SSSR count). The molecule has 0 unspecified atom stereocenters. The molecule has 0 saturated heterocycles. The Morgan fingerprint density at radius 2 is 1.84 bits per heavy atom. The lowest BCUT2D eigenvalue weighted by atomic mass is 10.1. The molecule has 0 radical (unpaired) electrons. The average molecular weight is 322 g/mol. The minimum Gasteiger partial charge on any atom is -0.504 e. The van der Waals surface area contributed by atoms with E-state index in [1.807, 2.05) is 18.2 Å². The Balaban J connectivity index is 2.23. The van der Waals surface area contributed by atoms with Gasteiger partial charge in [-0.3, -0.25) is 4.79 Å². The molecule has 5 heteroatoms. The zero-order valence-electron chi connectivity index (χ0n) is 9.93. The summed E-state index contributed by atoms with van der Waals surface area (Å²) in [6, 6.07) is 11.4. The zero-order chi connectivity index (χ0) is 13.8. The van der Waals surface area contributed by atoms with Gasteiger partial charge >= 0.3 is 0 Å². The van der Waals surface area contributed by atoms with Gasteiger partial charge in [-0.25, -0.2) is 0 Å². The van der Waals surface area contributed by atoms with E-state index in [0.717, 1.165) is 5.56 Å². The van der Waals surface area contributed by atoms with Crippen LogP contribution in [0.5, 0.6) is 11.5 Å². The van der Waals surface area contributed by atoms with Crippen LogP contribution < -0.4 is 5.32 Å². The number of aromatic hydroxyl groups is 2. The molecule has 98 valence electrons. The molecule has 2 aromatic carbocycles. The fraction of sp³-hybridized carbons (Fsp3) is 0.0714. The Kier molecular flexibility index (Phi) is 4.06. The van der Waals surface area contributed by atoms with Crippen LogP contribution in [0.25, 0.3) is 0 Å². The molecule has 0 aromatic heterocycles. The molecule has 0 aliphatic heterocycles. The van der Waals surface area contributed by atoms with E-state index < -0.39 is 0 Å². The van der Waals surface area contributed by atoms with Crippen LogP contribution in [0.1, 0.15) is 15.9 Å². The largest absolute Gasteiger partial charge is 0.504 e. The van der Waals surface area contributed by atoms with E-state index in [2.05, 4.69) is 21.2 Å². The second-order valence-electron chi connectivity index (χ2n) is 3.95. The minimum atomic E-state index is -0.344. The molecule has 0 aliphatic rings. The molecule has 0 bridgehead atoms. The molecule has 0 atom stereocenters. The number of rotatable bonds is 3. The lowest BCUT2D eigenvalue weighted by Gasteiger charge is -2.09. The first-order chi connectivity index (χ1) is 9.11. The van der Waals surface area contributed by atoms with Crippen molar-refractivity contribution in [3.05, 3.63) is 53.6 Å². The smallest absolute Gasteiger partial charge is 0.255 e. The molecule has 0 spiro atoms. The van der Waals surface area contributed by atoms with Crippen LogP contribution in [0.15, 0.2) is 42.5 Å². The van der Waals surface area contributed by atoms with Gasteiger partial charge in [0.05, 0.1) is 0 Å². The first-order valence-corrected chi connectivity index (χ1v) is 6.71. The highest BCUT2D eigenvalue weighted by molar-refractivity contribution is 9.08. The van der Waals surface area contributed by atoms with Gasteiger partial charge in [-0.05, 0) is 29.8 Å². The van der Waals surface area contributed by atoms with E-state index in [9.17, 15) is 15.0 Å². The van der Waals surface area contributed by atoms with Gasteiger partial charge in [0.1, 0.15) is 0 Å². The number of phenols is 2. The van der Waals surface area contributed by atoms with Gasteiger partial charge in [0.25, 0.3) is 5.91 Å². The molecule has 0 heterocycles. The Labute approximate surface area is 118 Å². The number of para-hydroxylation sites is 1. The summed E-state index contributed by atoms with van der Waals surface area (Å²) in [6.45, 7) is 0. The van der Waals surface area contributed by atoms with Crippen molar-refractivity contribution in [3.8, 4) is 11.5 Å². The summed E-state index contributed by atoms with van der Waals surface area (Å²) >= 11 is 3.35.